The highest BCUT2D eigenvalue weighted by Crippen LogP contribution is 2.28. The summed E-state index contributed by atoms with van der Waals surface area (Å²) in [6, 6.07) is 7.05. The normalized spacial score (nSPS) is 10.7. The predicted molar refractivity (Wildman–Crippen MR) is 77.1 cm³/mol. The second-order valence-corrected chi connectivity index (χ2v) is 4.76. The molecule has 0 unspecified atom stereocenters. The lowest BCUT2D eigenvalue weighted by atomic mass is 10.1. The summed E-state index contributed by atoms with van der Waals surface area (Å²) in [6.45, 7) is 1.94. The monoisotopic (exact) mass is 286 g/mol. The fraction of sp³-hybridized carbons (Fsp3) is 0.0714. The molecule has 0 aliphatic carbocycles. The van der Waals surface area contributed by atoms with Crippen molar-refractivity contribution in [3.05, 3.63) is 47.2 Å². The van der Waals surface area contributed by atoms with Gasteiger partial charge in [-0.15, -0.1) is 0 Å². The maximum Gasteiger partial charge on any atom is 0.258 e. The van der Waals surface area contributed by atoms with Crippen molar-refractivity contribution in [3.8, 4) is 22.8 Å². The Labute approximate surface area is 120 Å². The molecule has 0 aliphatic heterocycles. The van der Waals surface area contributed by atoms with Gasteiger partial charge in [0.25, 0.3) is 5.89 Å². The Morgan fingerprint density at radius 3 is 2.85 bits per heavy atom. The highest BCUT2D eigenvalue weighted by molar-refractivity contribution is 6.33. The molecule has 5 nitrogen and oxygen atoms in total. The number of aromatic nitrogens is 3. The summed E-state index contributed by atoms with van der Waals surface area (Å²) >= 11 is 5.99. The topological polar surface area (TPSA) is 77.8 Å². The summed E-state index contributed by atoms with van der Waals surface area (Å²) in [5.74, 6) is 0.922. The minimum absolute atomic E-state index is 0.401. The van der Waals surface area contributed by atoms with Gasteiger partial charge in [-0.2, -0.15) is 4.98 Å². The molecule has 2 aromatic heterocycles. The number of pyridine rings is 1. The Balaban J connectivity index is 2.02. The van der Waals surface area contributed by atoms with Crippen molar-refractivity contribution in [1.29, 1.82) is 0 Å². The van der Waals surface area contributed by atoms with Crippen LogP contribution in [0, 0.1) is 6.92 Å². The molecule has 2 N–H and O–H groups in total. The average Bonchev–Trinajstić information content (AvgIpc) is 2.92. The van der Waals surface area contributed by atoms with Crippen molar-refractivity contribution in [2.75, 3.05) is 5.73 Å². The van der Waals surface area contributed by atoms with Crippen molar-refractivity contribution in [3.63, 3.8) is 0 Å². The highest BCUT2D eigenvalue weighted by Gasteiger charge is 2.13. The Bertz CT molecular complexity index is 769. The largest absolute Gasteiger partial charge is 0.398 e. The van der Waals surface area contributed by atoms with Crippen molar-refractivity contribution in [2.45, 2.75) is 6.92 Å². The summed E-state index contributed by atoms with van der Waals surface area (Å²) < 4.78 is 5.27. The lowest BCUT2D eigenvalue weighted by molar-refractivity contribution is 0.432. The van der Waals surface area contributed by atoms with E-state index in [1.165, 1.54) is 0 Å². The van der Waals surface area contributed by atoms with Crippen molar-refractivity contribution in [1.82, 2.24) is 15.1 Å². The lowest BCUT2D eigenvalue weighted by Gasteiger charge is -1.99. The molecular formula is C14H11ClN4O. The summed E-state index contributed by atoms with van der Waals surface area (Å²) in [5.41, 5.74) is 8.79. The first kappa shape index (κ1) is 12.6. The first-order valence-electron chi connectivity index (χ1n) is 5.95. The number of hydrogen-bond donors (Lipinski definition) is 1. The van der Waals surface area contributed by atoms with Crippen LogP contribution in [-0.2, 0) is 0 Å². The number of nitrogens with zero attached hydrogens (tertiary/aromatic N) is 3. The van der Waals surface area contributed by atoms with Crippen LogP contribution in [0.1, 0.15) is 5.56 Å². The number of hydrogen-bond acceptors (Lipinski definition) is 5. The smallest absolute Gasteiger partial charge is 0.258 e. The van der Waals surface area contributed by atoms with Gasteiger partial charge in [0.1, 0.15) is 0 Å². The average molecular weight is 287 g/mol. The van der Waals surface area contributed by atoms with E-state index in [2.05, 4.69) is 15.1 Å². The number of anilines is 1. The van der Waals surface area contributed by atoms with Crippen LogP contribution in [0.4, 0.5) is 5.69 Å². The van der Waals surface area contributed by atoms with Crippen LogP contribution in [0.5, 0.6) is 0 Å². The lowest BCUT2D eigenvalue weighted by Crippen LogP contribution is -1.88. The van der Waals surface area contributed by atoms with Crippen LogP contribution < -0.4 is 5.73 Å². The van der Waals surface area contributed by atoms with Gasteiger partial charge in [-0.3, -0.25) is 4.98 Å². The summed E-state index contributed by atoms with van der Waals surface area (Å²) in [5, 5.41) is 4.45. The first-order valence-corrected chi connectivity index (χ1v) is 6.33. The fourth-order valence-corrected chi connectivity index (χ4v) is 2.02. The summed E-state index contributed by atoms with van der Waals surface area (Å²) in [6.07, 6.45) is 3.45. The van der Waals surface area contributed by atoms with Crippen LogP contribution >= 0.6 is 11.6 Å². The van der Waals surface area contributed by atoms with E-state index < -0.39 is 0 Å². The zero-order valence-corrected chi connectivity index (χ0v) is 11.4. The number of halogens is 1. The number of aryl methyl sites for hydroxylation is 1. The van der Waals surface area contributed by atoms with Gasteiger partial charge in [-0.1, -0.05) is 16.8 Å². The zero-order valence-electron chi connectivity index (χ0n) is 10.7. The van der Waals surface area contributed by atoms with Gasteiger partial charge in [0.15, 0.2) is 0 Å². The third kappa shape index (κ3) is 2.23. The van der Waals surface area contributed by atoms with Gasteiger partial charge >= 0.3 is 0 Å². The van der Waals surface area contributed by atoms with Crippen molar-refractivity contribution < 1.29 is 4.52 Å². The van der Waals surface area contributed by atoms with E-state index >= 15 is 0 Å². The van der Waals surface area contributed by atoms with E-state index in [-0.39, 0.29) is 0 Å². The molecule has 0 bridgehead atoms. The van der Waals surface area contributed by atoms with E-state index in [1.54, 1.807) is 30.6 Å². The molecule has 0 saturated carbocycles. The molecule has 0 aliphatic rings. The van der Waals surface area contributed by atoms with E-state index in [9.17, 15) is 0 Å². The van der Waals surface area contributed by atoms with Crippen LogP contribution in [0.3, 0.4) is 0 Å². The van der Waals surface area contributed by atoms with Crippen LogP contribution in [0.2, 0.25) is 5.02 Å². The quantitative estimate of drug-likeness (QED) is 0.731. The second-order valence-electron chi connectivity index (χ2n) is 4.35. The second kappa shape index (κ2) is 4.94. The molecule has 0 atom stereocenters. The fourth-order valence-electron chi connectivity index (χ4n) is 1.83. The molecule has 20 heavy (non-hydrogen) atoms. The molecule has 1 aromatic carbocycles. The van der Waals surface area contributed by atoms with Gasteiger partial charge in [0.2, 0.25) is 5.82 Å². The van der Waals surface area contributed by atoms with Gasteiger partial charge in [0.05, 0.1) is 10.7 Å². The zero-order chi connectivity index (χ0) is 14.1. The maximum atomic E-state index is 5.99. The Kier molecular flexibility index (Phi) is 3.12. The molecule has 0 spiro atoms. The van der Waals surface area contributed by atoms with Crippen LogP contribution in [-0.4, -0.2) is 15.1 Å². The molecule has 0 amide bonds. The van der Waals surface area contributed by atoms with Gasteiger partial charge in [-0.05, 0) is 36.8 Å². The minimum atomic E-state index is 0.401. The number of nitrogens with two attached hydrogens (primary N) is 1. The Hall–Kier alpha value is -2.40. The molecule has 2 heterocycles. The Morgan fingerprint density at radius 2 is 2.10 bits per heavy atom. The first-order chi connectivity index (χ1) is 9.65. The molecule has 6 heteroatoms. The highest BCUT2D eigenvalue weighted by atomic mass is 35.5. The summed E-state index contributed by atoms with van der Waals surface area (Å²) in [4.78, 5) is 8.42. The third-order valence-electron chi connectivity index (χ3n) is 2.93. The molecule has 3 rings (SSSR count). The molecule has 0 radical (unpaired) electrons. The van der Waals surface area contributed by atoms with Gasteiger partial charge in [-0.25, -0.2) is 0 Å². The van der Waals surface area contributed by atoms with E-state index in [0.29, 0.717) is 22.4 Å². The SMILES string of the molecule is Cc1cnccc1-c1noc(-c2ccc(N)c(Cl)c2)n1. The third-order valence-corrected chi connectivity index (χ3v) is 3.26. The van der Waals surface area contributed by atoms with Crippen LogP contribution in [0.15, 0.2) is 41.2 Å². The van der Waals surface area contributed by atoms with E-state index in [0.717, 1.165) is 16.7 Å². The summed E-state index contributed by atoms with van der Waals surface area (Å²) in [7, 11) is 0. The number of nitrogen functional groups attached to an aromatic ring is 1. The number of rotatable bonds is 2. The molecule has 0 fully saturated rings. The standard InChI is InChI=1S/C14H11ClN4O/c1-8-7-17-5-4-10(8)13-18-14(20-19-13)9-2-3-12(16)11(15)6-9/h2-7H,16H2,1H3. The van der Waals surface area contributed by atoms with Gasteiger partial charge < -0.3 is 10.3 Å². The Morgan fingerprint density at radius 1 is 1.25 bits per heavy atom. The van der Waals surface area contributed by atoms with E-state index in [1.807, 2.05) is 13.0 Å². The van der Waals surface area contributed by atoms with Crippen LogP contribution in [0.25, 0.3) is 22.8 Å². The van der Waals surface area contributed by atoms with Crippen molar-refractivity contribution in [2.24, 2.45) is 0 Å². The van der Waals surface area contributed by atoms with Crippen molar-refractivity contribution >= 4 is 17.3 Å². The predicted octanol–water partition coefficient (Wildman–Crippen LogP) is 3.34. The minimum Gasteiger partial charge on any atom is -0.398 e. The van der Waals surface area contributed by atoms with E-state index in [4.69, 9.17) is 21.9 Å². The number of benzene rings is 1. The van der Waals surface area contributed by atoms with Gasteiger partial charge in [0, 0.05) is 23.5 Å². The maximum absolute atomic E-state index is 5.99. The molecular weight excluding hydrogens is 276 g/mol. The molecule has 3 aromatic rings. The molecule has 100 valence electrons. The molecule has 0 saturated heterocycles.